The fourth-order valence-corrected chi connectivity index (χ4v) is 2.27. The van der Waals surface area contributed by atoms with E-state index in [0.29, 0.717) is 11.1 Å². The summed E-state index contributed by atoms with van der Waals surface area (Å²) in [5, 5.41) is 4.97. The van der Waals surface area contributed by atoms with Crippen molar-refractivity contribution in [2.75, 3.05) is 6.54 Å². The predicted octanol–water partition coefficient (Wildman–Crippen LogP) is 3.37. The second-order valence-corrected chi connectivity index (χ2v) is 5.96. The summed E-state index contributed by atoms with van der Waals surface area (Å²) in [6.45, 7) is 3.50. The van der Waals surface area contributed by atoms with Crippen molar-refractivity contribution in [1.29, 1.82) is 0 Å². The number of hydrogen-bond donors (Lipinski definition) is 2. The minimum absolute atomic E-state index is 0.0533. The largest absolute Gasteiger partial charge is 0.416 e. The molecule has 26 heavy (non-hydrogen) atoms. The van der Waals surface area contributed by atoms with Crippen LogP contribution in [0.3, 0.4) is 0 Å². The number of hydrogen-bond acceptors (Lipinski definition) is 2. The summed E-state index contributed by atoms with van der Waals surface area (Å²) < 4.78 is 38.0. The highest BCUT2D eigenvalue weighted by molar-refractivity contribution is 5.96. The lowest BCUT2D eigenvalue weighted by molar-refractivity contribution is -0.137. The number of nitrogens with one attached hydrogen (secondary N) is 2. The molecule has 0 atom stereocenters. The van der Waals surface area contributed by atoms with E-state index in [2.05, 4.69) is 10.6 Å². The van der Waals surface area contributed by atoms with Gasteiger partial charge < -0.3 is 10.6 Å². The van der Waals surface area contributed by atoms with Crippen LogP contribution in [0.5, 0.6) is 0 Å². The van der Waals surface area contributed by atoms with Gasteiger partial charge in [-0.3, -0.25) is 9.59 Å². The first-order valence-corrected chi connectivity index (χ1v) is 7.95. The standard InChI is InChI=1S/C19H19F3N2O2/c1-12-6-7-15(8-13(12)2)18(26)24-11-17(25)23-10-14-4-3-5-16(9-14)19(20,21)22/h3-9H,10-11H2,1-2H3,(H,23,25)(H,24,26). The topological polar surface area (TPSA) is 58.2 Å². The summed E-state index contributed by atoms with van der Waals surface area (Å²) in [4.78, 5) is 23.8. The van der Waals surface area contributed by atoms with Crippen LogP contribution in [-0.2, 0) is 17.5 Å². The molecule has 0 aliphatic rings. The van der Waals surface area contributed by atoms with Crippen molar-refractivity contribution in [2.45, 2.75) is 26.6 Å². The van der Waals surface area contributed by atoms with E-state index in [-0.39, 0.29) is 19.0 Å². The zero-order valence-electron chi connectivity index (χ0n) is 14.4. The molecule has 7 heteroatoms. The van der Waals surface area contributed by atoms with Crippen LogP contribution in [0.25, 0.3) is 0 Å². The van der Waals surface area contributed by atoms with E-state index in [1.807, 2.05) is 19.9 Å². The highest BCUT2D eigenvalue weighted by atomic mass is 19.4. The predicted molar refractivity (Wildman–Crippen MR) is 91.5 cm³/mol. The van der Waals surface area contributed by atoms with Crippen molar-refractivity contribution in [1.82, 2.24) is 10.6 Å². The molecule has 2 N–H and O–H groups in total. The summed E-state index contributed by atoms with van der Waals surface area (Å²) in [5.41, 5.74) is 2.02. The van der Waals surface area contributed by atoms with E-state index < -0.39 is 17.6 Å². The Morgan fingerprint density at radius 2 is 1.69 bits per heavy atom. The molecule has 0 spiro atoms. The van der Waals surface area contributed by atoms with Gasteiger partial charge in [0.1, 0.15) is 0 Å². The third-order valence-electron chi connectivity index (χ3n) is 3.92. The zero-order valence-corrected chi connectivity index (χ0v) is 14.4. The monoisotopic (exact) mass is 364 g/mol. The first-order valence-electron chi connectivity index (χ1n) is 7.95. The van der Waals surface area contributed by atoms with Crippen molar-refractivity contribution in [3.8, 4) is 0 Å². The third-order valence-corrected chi connectivity index (χ3v) is 3.92. The number of rotatable bonds is 5. The number of aryl methyl sites for hydroxylation is 2. The van der Waals surface area contributed by atoms with Gasteiger partial charge >= 0.3 is 6.18 Å². The van der Waals surface area contributed by atoms with Crippen LogP contribution in [-0.4, -0.2) is 18.4 Å². The van der Waals surface area contributed by atoms with Crippen molar-refractivity contribution in [2.24, 2.45) is 0 Å². The van der Waals surface area contributed by atoms with E-state index in [1.165, 1.54) is 12.1 Å². The molecule has 0 aliphatic heterocycles. The van der Waals surface area contributed by atoms with Gasteiger partial charge in [0.2, 0.25) is 5.91 Å². The van der Waals surface area contributed by atoms with E-state index in [1.54, 1.807) is 12.1 Å². The molecule has 0 aliphatic carbocycles. The Balaban J connectivity index is 1.85. The summed E-state index contributed by atoms with van der Waals surface area (Å²) in [6.07, 6.45) is -4.43. The Kier molecular flexibility index (Phi) is 6.02. The molecule has 0 aromatic heterocycles. The number of alkyl halides is 3. The second-order valence-electron chi connectivity index (χ2n) is 5.96. The minimum Gasteiger partial charge on any atom is -0.350 e. The molecule has 0 saturated carbocycles. The van der Waals surface area contributed by atoms with E-state index >= 15 is 0 Å². The maximum atomic E-state index is 12.7. The van der Waals surface area contributed by atoms with Gasteiger partial charge in [-0.2, -0.15) is 13.2 Å². The quantitative estimate of drug-likeness (QED) is 0.855. The van der Waals surface area contributed by atoms with Gasteiger partial charge in [0.05, 0.1) is 12.1 Å². The van der Waals surface area contributed by atoms with Crippen molar-refractivity contribution < 1.29 is 22.8 Å². The molecule has 0 unspecified atom stereocenters. The van der Waals surface area contributed by atoms with Crippen molar-refractivity contribution in [3.05, 3.63) is 70.3 Å². The van der Waals surface area contributed by atoms with Gasteiger partial charge in [0, 0.05) is 12.1 Å². The van der Waals surface area contributed by atoms with Crippen LogP contribution in [0.2, 0.25) is 0 Å². The van der Waals surface area contributed by atoms with Gasteiger partial charge in [-0.1, -0.05) is 18.2 Å². The van der Waals surface area contributed by atoms with Gasteiger partial charge in [0.15, 0.2) is 0 Å². The maximum Gasteiger partial charge on any atom is 0.416 e. The van der Waals surface area contributed by atoms with E-state index in [0.717, 1.165) is 23.3 Å². The molecule has 2 rings (SSSR count). The molecule has 138 valence electrons. The van der Waals surface area contributed by atoms with E-state index in [9.17, 15) is 22.8 Å². The summed E-state index contributed by atoms with van der Waals surface area (Å²) in [5.74, 6) is -0.873. The first kappa shape index (κ1) is 19.5. The van der Waals surface area contributed by atoms with Crippen molar-refractivity contribution in [3.63, 3.8) is 0 Å². The third kappa shape index (κ3) is 5.34. The SMILES string of the molecule is Cc1ccc(C(=O)NCC(=O)NCc2cccc(C(F)(F)F)c2)cc1C. The molecule has 0 bridgehead atoms. The average Bonchev–Trinajstić information content (AvgIpc) is 2.59. The zero-order chi connectivity index (χ0) is 19.3. The molecule has 0 radical (unpaired) electrons. The molecule has 0 saturated heterocycles. The molecule has 2 aromatic carbocycles. The van der Waals surface area contributed by atoms with Gasteiger partial charge in [-0.15, -0.1) is 0 Å². The fraction of sp³-hybridized carbons (Fsp3) is 0.263. The highest BCUT2D eigenvalue weighted by Crippen LogP contribution is 2.29. The van der Waals surface area contributed by atoms with Crippen LogP contribution in [0.15, 0.2) is 42.5 Å². The number of carbonyl (C=O) groups is 2. The first-order chi connectivity index (χ1) is 12.2. The smallest absolute Gasteiger partial charge is 0.350 e. The second kappa shape index (κ2) is 8.03. The van der Waals surface area contributed by atoms with Gasteiger partial charge in [-0.05, 0) is 54.8 Å². The molecular weight excluding hydrogens is 345 g/mol. The number of halogens is 3. The van der Waals surface area contributed by atoms with Crippen LogP contribution >= 0.6 is 0 Å². The molecule has 0 heterocycles. The van der Waals surface area contributed by atoms with Gasteiger partial charge in [0.25, 0.3) is 5.91 Å². The maximum absolute atomic E-state index is 12.7. The van der Waals surface area contributed by atoms with Gasteiger partial charge in [-0.25, -0.2) is 0 Å². The Bertz CT molecular complexity index is 817. The van der Waals surface area contributed by atoms with Crippen LogP contribution in [0.4, 0.5) is 13.2 Å². The Hall–Kier alpha value is -2.83. The van der Waals surface area contributed by atoms with E-state index in [4.69, 9.17) is 0 Å². The highest BCUT2D eigenvalue weighted by Gasteiger charge is 2.30. The molecule has 0 fully saturated rings. The lowest BCUT2D eigenvalue weighted by Gasteiger charge is -2.10. The molecule has 4 nitrogen and oxygen atoms in total. The lowest BCUT2D eigenvalue weighted by Crippen LogP contribution is -2.36. The minimum atomic E-state index is -4.43. The number of benzene rings is 2. The Morgan fingerprint density at radius 3 is 2.35 bits per heavy atom. The number of carbonyl (C=O) groups excluding carboxylic acids is 2. The van der Waals surface area contributed by atoms with Crippen LogP contribution < -0.4 is 10.6 Å². The molecule has 2 amide bonds. The normalized spacial score (nSPS) is 11.1. The van der Waals surface area contributed by atoms with Crippen LogP contribution in [0.1, 0.15) is 32.6 Å². The molecule has 2 aromatic rings. The Labute approximate surface area is 149 Å². The molecular formula is C19H19F3N2O2. The summed E-state index contributed by atoms with van der Waals surface area (Å²) in [7, 11) is 0. The summed E-state index contributed by atoms with van der Waals surface area (Å²) >= 11 is 0. The number of amides is 2. The Morgan fingerprint density at radius 1 is 0.962 bits per heavy atom. The lowest BCUT2D eigenvalue weighted by atomic mass is 10.1. The summed E-state index contributed by atoms with van der Waals surface area (Å²) in [6, 6.07) is 9.93. The fourth-order valence-electron chi connectivity index (χ4n) is 2.27. The van der Waals surface area contributed by atoms with Crippen molar-refractivity contribution >= 4 is 11.8 Å². The average molecular weight is 364 g/mol. The van der Waals surface area contributed by atoms with Crippen LogP contribution in [0, 0.1) is 13.8 Å².